The molecule has 0 spiro atoms. The fourth-order valence-corrected chi connectivity index (χ4v) is 4.82. The number of hydrogen-bond acceptors (Lipinski definition) is 5. The number of sulfonamides is 1. The molecule has 2 heterocycles. The fourth-order valence-electron chi connectivity index (χ4n) is 3.70. The van der Waals surface area contributed by atoms with Gasteiger partial charge in [0.05, 0.1) is 4.90 Å². The monoisotopic (exact) mass is 422 g/mol. The third kappa shape index (κ3) is 4.63. The lowest BCUT2D eigenvalue weighted by molar-refractivity contribution is 0.566. The summed E-state index contributed by atoms with van der Waals surface area (Å²) in [6, 6.07) is 19.1. The van der Waals surface area contributed by atoms with Crippen molar-refractivity contribution in [3.8, 4) is 0 Å². The van der Waals surface area contributed by atoms with E-state index in [2.05, 4.69) is 39.0 Å². The van der Waals surface area contributed by atoms with E-state index in [0.29, 0.717) is 13.1 Å². The summed E-state index contributed by atoms with van der Waals surface area (Å²) in [6.07, 6.45) is 4.50. The molecule has 0 amide bonds. The Morgan fingerprint density at radius 2 is 1.77 bits per heavy atom. The van der Waals surface area contributed by atoms with Crippen LogP contribution in [0.2, 0.25) is 0 Å². The van der Waals surface area contributed by atoms with Gasteiger partial charge in [-0.15, -0.1) is 0 Å². The Balaban J connectivity index is 1.34. The van der Waals surface area contributed by atoms with Crippen molar-refractivity contribution in [1.29, 1.82) is 0 Å². The molecule has 1 aliphatic heterocycles. The average Bonchev–Trinajstić information content (AvgIpc) is 3.21. The van der Waals surface area contributed by atoms with Crippen LogP contribution in [-0.2, 0) is 23.0 Å². The first-order valence-electron chi connectivity index (χ1n) is 10.1. The van der Waals surface area contributed by atoms with Gasteiger partial charge in [0.15, 0.2) is 0 Å². The van der Waals surface area contributed by atoms with Crippen LogP contribution in [0.4, 0.5) is 11.4 Å². The molecule has 7 heteroatoms. The molecule has 0 saturated heterocycles. The smallest absolute Gasteiger partial charge is 0.240 e. The normalized spacial score (nSPS) is 14.4. The van der Waals surface area contributed by atoms with Gasteiger partial charge in [0, 0.05) is 49.4 Å². The fraction of sp³-hybridized carbons (Fsp3) is 0.261. The molecule has 0 bridgehead atoms. The number of para-hydroxylation sites is 1. The molecule has 0 saturated carbocycles. The minimum atomic E-state index is -3.56. The first-order chi connectivity index (χ1) is 14.5. The van der Waals surface area contributed by atoms with E-state index in [4.69, 9.17) is 0 Å². The maximum atomic E-state index is 12.7. The molecule has 4 rings (SSSR count). The van der Waals surface area contributed by atoms with Gasteiger partial charge in [-0.05, 0) is 66.9 Å². The minimum Gasteiger partial charge on any atom is -0.381 e. The highest BCUT2D eigenvalue weighted by Gasteiger charge is 2.24. The lowest BCUT2D eigenvalue weighted by Gasteiger charge is -2.27. The van der Waals surface area contributed by atoms with Crippen molar-refractivity contribution in [2.75, 3.05) is 23.3 Å². The van der Waals surface area contributed by atoms with E-state index in [1.54, 1.807) is 36.7 Å². The highest BCUT2D eigenvalue weighted by molar-refractivity contribution is 7.89. The molecule has 0 radical (unpaired) electrons. The summed E-state index contributed by atoms with van der Waals surface area (Å²) in [5, 5.41) is 3.29. The quantitative estimate of drug-likeness (QED) is 0.582. The molecular weight excluding hydrogens is 396 g/mol. The first-order valence-corrected chi connectivity index (χ1v) is 11.6. The zero-order valence-corrected chi connectivity index (χ0v) is 17.8. The molecule has 0 aliphatic carbocycles. The number of fused-ring (bicyclic) bond motifs is 1. The van der Waals surface area contributed by atoms with E-state index >= 15 is 0 Å². The molecule has 1 unspecified atom stereocenters. The largest absolute Gasteiger partial charge is 0.381 e. The van der Waals surface area contributed by atoms with Gasteiger partial charge in [-0.25, -0.2) is 13.1 Å². The van der Waals surface area contributed by atoms with E-state index in [9.17, 15) is 8.42 Å². The van der Waals surface area contributed by atoms with Gasteiger partial charge >= 0.3 is 0 Å². The van der Waals surface area contributed by atoms with Gasteiger partial charge in [0.2, 0.25) is 10.0 Å². The van der Waals surface area contributed by atoms with Crippen LogP contribution in [0.3, 0.4) is 0 Å². The van der Waals surface area contributed by atoms with Crippen molar-refractivity contribution in [3.05, 3.63) is 84.2 Å². The van der Waals surface area contributed by atoms with Crippen LogP contribution >= 0.6 is 0 Å². The van der Waals surface area contributed by atoms with Crippen LogP contribution < -0.4 is 14.9 Å². The topological polar surface area (TPSA) is 74.3 Å². The Morgan fingerprint density at radius 3 is 2.53 bits per heavy atom. The van der Waals surface area contributed by atoms with Crippen LogP contribution in [0.25, 0.3) is 0 Å². The van der Waals surface area contributed by atoms with E-state index < -0.39 is 10.0 Å². The van der Waals surface area contributed by atoms with E-state index in [1.807, 2.05) is 24.3 Å². The van der Waals surface area contributed by atoms with Crippen LogP contribution in [0.15, 0.2) is 78.0 Å². The Kier molecular flexibility index (Phi) is 6.01. The number of rotatable bonds is 8. The minimum absolute atomic E-state index is 0.0738. The van der Waals surface area contributed by atoms with E-state index in [1.165, 1.54) is 11.3 Å². The van der Waals surface area contributed by atoms with Gasteiger partial charge in [-0.2, -0.15) is 0 Å². The second-order valence-electron chi connectivity index (χ2n) is 7.51. The van der Waals surface area contributed by atoms with Gasteiger partial charge in [0.1, 0.15) is 0 Å². The number of hydrogen-bond donors (Lipinski definition) is 2. The van der Waals surface area contributed by atoms with Crippen LogP contribution in [0.1, 0.15) is 18.1 Å². The lowest BCUT2D eigenvalue weighted by atomic mass is 10.2. The SMILES string of the molecule is CC(CNS(=O)(=O)c1ccc(NCc2ccncc2)cc1)N1CCc2ccccc21. The third-order valence-corrected chi connectivity index (χ3v) is 6.87. The Labute approximate surface area is 178 Å². The molecule has 2 N–H and O–H groups in total. The predicted molar refractivity (Wildman–Crippen MR) is 120 cm³/mol. The summed E-state index contributed by atoms with van der Waals surface area (Å²) < 4.78 is 28.2. The summed E-state index contributed by atoms with van der Waals surface area (Å²) in [5.41, 5.74) is 4.50. The molecule has 1 atom stereocenters. The molecule has 6 nitrogen and oxygen atoms in total. The maximum Gasteiger partial charge on any atom is 0.240 e. The highest BCUT2D eigenvalue weighted by atomic mass is 32.2. The molecule has 1 aliphatic rings. The molecule has 156 valence electrons. The molecular formula is C23H26N4O2S. The van der Waals surface area contributed by atoms with Crippen molar-refractivity contribution >= 4 is 21.4 Å². The summed E-state index contributed by atoms with van der Waals surface area (Å²) >= 11 is 0. The van der Waals surface area contributed by atoms with Gasteiger partial charge in [-0.3, -0.25) is 4.98 Å². The van der Waals surface area contributed by atoms with Gasteiger partial charge < -0.3 is 10.2 Å². The summed E-state index contributed by atoms with van der Waals surface area (Å²) in [7, 11) is -3.56. The van der Waals surface area contributed by atoms with Gasteiger partial charge in [-0.1, -0.05) is 18.2 Å². The lowest BCUT2D eigenvalue weighted by Crippen LogP contribution is -2.41. The second-order valence-corrected chi connectivity index (χ2v) is 9.27. The molecule has 2 aromatic carbocycles. The molecule has 1 aromatic heterocycles. The van der Waals surface area contributed by atoms with Crippen molar-refractivity contribution in [2.45, 2.75) is 30.8 Å². The molecule has 30 heavy (non-hydrogen) atoms. The van der Waals surface area contributed by atoms with Crippen molar-refractivity contribution in [3.63, 3.8) is 0 Å². The highest BCUT2D eigenvalue weighted by Crippen LogP contribution is 2.29. The van der Waals surface area contributed by atoms with Crippen LogP contribution in [0, 0.1) is 0 Å². The van der Waals surface area contributed by atoms with E-state index in [-0.39, 0.29) is 10.9 Å². The number of aromatic nitrogens is 1. The summed E-state index contributed by atoms with van der Waals surface area (Å²) in [5.74, 6) is 0. The van der Waals surface area contributed by atoms with Crippen molar-refractivity contribution < 1.29 is 8.42 Å². The van der Waals surface area contributed by atoms with E-state index in [0.717, 1.165) is 24.2 Å². The number of benzene rings is 2. The van der Waals surface area contributed by atoms with Crippen LogP contribution in [-0.4, -0.2) is 32.5 Å². The zero-order valence-electron chi connectivity index (χ0n) is 17.0. The summed E-state index contributed by atoms with van der Waals surface area (Å²) in [4.78, 5) is 6.54. The van der Waals surface area contributed by atoms with Gasteiger partial charge in [0.25, 0.3) is 0 Å². The maximum absolute atomic E-state index is 12.7. The Morgan fingerprint density at radius 1 is 1.03 bits per heavy atom. The second kappa shape index (κ2) is 8.85. The Hall–Kier alpha value is -2.90. The molecule has 0 fully saturated rings. The van der Waals surface area contributed by atoms with Crippen LogP contribution in [0.5, 0.6) is 0 Å². The third-order valence-electron chi connectivity index (χ3n) is 5.43. The average molecular weight is 423 g/mol. The predicted octanol–water partition coefficient (Wildman–Crippen LogP) is 3.42. The number of anilines is 2. The standard InChI is InChI=1S/C23H26N4O2S/c1-18(27-15-12-20-4-2-3-5-23(20)27)16-26-30(28,29)22-8-6-21(7-9-22)25-17-19-10-13-24-14-11-19/h2-11,13-14,18,25-26H,12,15-17H2,1H3. The summed E-state index contributed by atoms with van der Waals surface area (Å²) in [6.45, 7) is 3.98. The number of pyridine rings is 1. The molecule has 3 aromatic rings. The Bertz CT molecular complexity index is 1090. The number of nitrogens with one attached hydrogen (secondary N) is 2. The first kappa shape index (κ1) is 20.4. The van der Waals surface area contributed by atoms with Crippen molar-refractivity contribution in [1.82, 2.24) is 9.71 Å². The number of nitrogens with zero attached hydrogens (tertiary/aromatic N) is 2. The zero-order chi connectivity index (χ0) is 21.0. The van der Waals surface area contributed by atoms with Crippen molar-refractivity contribution in [2.24, 2.45) is 0 Å².